The summed E-state index contributed by atoms with van der Waals surface area (Å²) in [5.74, 6) is -0.448. The number of thiocarbonyl (C=S) groups is 1. The fourth-order valence-corrected chi connectivity index (χ4v) is 2.13. The molecule has 1 atom stereocenters. The predicted octanol–water partition coefficient (Wildman–Crippen LogP) is 1.96. The number of ether oxygens (including phenoxy) is 1. The van der Waals surface area contributed by atoms with Gasteiger partial charge in [-0.1, -0.05) is 18.2 Å². The molecule has 0 spiro atoms. The predicted molar refractivity (Wildman–Crippen MR) is 73.9 cm³/mol. The molecule has 1 aliphatic rings. The van der Waals surface area contributed by atoms with Crippen LogP contribution in [0.15, 0.2) is 30.3 Å². The average Bonchev–Trinajstić information content (AvgIpc) is 2.47. The van der Waals surface area contributed by atoms with Crippen molar-refractivity contribution in [2.45, 2.75) is 12.3 Å². The Kier molecular flexibility index (Phi) is 4.79. The van der Waals surface area contributed by atoms with Crippen molar-refractivity contribution >= 4 is 23.2 Å². The summed E-state index contributed by atoms with van der Waals surface area (Å²) in [6.45, 7) is -0.302. The Bertz CT molecular complexity index is 522. The number of rotatable bonds is 1. The van der Waals surface area contributed by atoms with Gasteiger partial charge in [0.05, 0.1) is 13.2 Å². The maximum absolute atomic E-state index is 12.6. The summed E-state index contributed by atoms with van der Waals surface area (Å²) in [7, 11) is 0. The lowest BCUT2D eigenvalue weighted by atomic mass is 10.2. The molecule has 21 heavy (non-hydrogen) atoms. The molecular weight excluding hydrogens is 305 g/mol. The number of nitrogens with one attached hydrogen (secondary N) is 1. The van der Waals surface area contributed by atoms with E-state index in [1.165, 1.54) is 4.90 Å². The van der Waals surface area contributed by atoms with E-state index < -0.39 is 24.7 Å². The molecule has 1 aromatic carbocycles. The van der Waals surface area contributed by atoms with Gasteiger partial charge in [-0.25, -0.2) is 0 Å². The molecule has 114 valence electrons. The fourth-order valence-electron chi connectivity index (χ4n) is 1.87. The number of alkyl halides is 3. The molecule has 0 bridgehead atoms. The van der Waals surface area contributed by atoms with Crippen molar-refractivity contribution in [2.75, 3.05) is 19.7 Å². The van der Waals surface area contributed by atoms with Crippen molar-refractivity contribution in [1.82, 2.24) is 10.2 Å². The fraction of sp³-hybridized carbons (Fsp3) is 0.385. The highest BCUT2D eigenvalue weighted by atomic mass is 32.1. The summed E-state index contributed by atoms with van der Waals surface area (Å²) >= 11 is 5.00. The molecule has 1 aromatic rings. The number of hydrogen-bond donors (Lipinski definition) is 1. The van der Waals surface area contributed by atoms with Crippen molar-refractivity contribution < 1.29 is 22.7 Å². The number of carbonyl (C=O) groups excluding carboxylic acids is 1. The molecule has 1 heterocycles. The lowest BCUT2D eigenvalue weighted by Crippen LogP contribution is -2.54. The Morgan fingerprint density at radius 1 is 1.33 bits per heavy atom. The summed E-state index contributed by atoms with van der Waals surface area (Å²) < 4.78 is 42.5. The monoisotopic (exact) mass is 318 g/mol. The van der Waals surface area contributed by atoms with E-state index in [9.17, 15) is 18.0 Å². The van der Waals surface area contributed by atoms with Crippen LogP contribution < -0.4 is 5.32 Å². The zero-order valence-electron chi connectivity index (χ0n) is 10.9. The first-order valence-corrected chi connectivity index (χ1v) is 6.62. The van der Waals surface area contributed by atoms with Crippen LogP contribution >= 0.6 is 12.2 Å². The second-order valence-corrected chi connectivity index (χ2v) is 4.86. The van der Waals surface area contributed by atoms with Gasteiger partial charge in [0, 0.05) is 12.1 Å². The van der Waals surface area contributed by atoms with Crippen molar-refractivity contribution in [3.63, 3.8) is 0 Å². The second kappa shape index (κ2) is 6.40. The third-order valence-electron chi connectivity index (χ3n) is 2.98. The van der Waals surface area contributed by atoms with Crippen molar-refractivity contribution in [1.29, 1.82) is 0 Å². The van der Waals surface area contributed by atoms with Gasteiger partial charge in [-0.05, 0) is 24.4 Å². The number of hydrogen-bond acceptors (Lipinski definition) is 3. The van der Waals surface area contributed by atoms with Gasteiger partial charge >= 0.3 is 6.18 Å². The number of nitrogens with zero attached hydrogens (tertiary/aromatic N) is 1. The van der Waals surface area contributed by atoms with Gasteiger partial charge in [-0.15, -0.1) is 0 Å². The van der Waals surface area contributed by atoms with E-state index >= 15 is 0 Å². The molecule has 0 saturated carbocycles. The highest BCUT2D eigenvalue weighted by Gasteiger charge is 2.43. The standard InChI is InChI=1S/C13H13F3N2O2S/c14-13(15,16)10-8-18(6-7-20-10)12(21)17-11(19)9-4-2-1-3-5-9/h1-5,10H,6-8H2,(H,17,19,21). The van der Waals surface area contributed by atoms with Crippen LogP contribution in [0, 0.1) is 0 Å². The van der Waals surface area contributed by atoms with E-state index in [1.807, 2.05) is 0 Å². The van der Waals surface area contributed by atoms with E-state index in [2.05, 4.69) is 10.1 Å². The number of carbonyl (C=O) groups is 1. The Labute approximate surface area is 124 Å². The first-order valence-electron chi connectivity index (χ1n) is 6.21. The minimum Gasteiger partial charge on any atom is -0.365 e. The van der Waals surface area contributed by atoms with Crippen LogP contribution in [0.3, 0.4) is 0 Å². The van der Waals surface area contributed by atoms with Crippen LogP contribution in [0.5, 0.6) is 0 Å². The van der Waals surface area contributed by atoms with Crippen LogP contribution in [0.1, 0.15) is 10.4 Å². The number of halogens is 3. The molecule has 4 nitrogen and oxygen atoms in total. The molecule has 0 aromatic heterocycles. The van der Waals surface area contributed by atoms with Gasteiger partial charge in [0.2, 0.25) is 0 Å². The van der Waals surface area contributed by atoms with Crippen molar-refractivity contribution in [3.05, 3.63) is 35.9 Å². The maximum atomic E-state index is 12.6. The summed E-state index contributed by atoms with van der Waals surface area (Å²) in [6.07, 6.45) is -6.34. The van der Waals surface area contributed by atoms with E-state index in [0.29, 0.717) is 5.56 Å². The van der Waals surface area contributed by atoms with Crippen molar-refractivity contribution in [3.8, 4) is 0 Å². The van der Waals surface area contributed by atoms with E-state index in [1.54, 1.807) is 30.3 Å². The van der Waals surface area contributed by atoms with Crippen LogP contribution in [-0.4, -0.2) is 47.9 Å². The first-order chi connectivity index (χ1) is 9.88. The number of morpholine rings is 1. The topological polar surface area (TPSA) is 41.6 Å². The third kappa shape index (κ3) is 4.15. The molecular formula is C13H13F3N2O2S. The van der Waals surface area contributed by atoms with Gasteiger partial charge < -0.3 is 9.64 Å². The average molecular weight is 318 g/mol. The van der Waals surface area contributed by atoms with Crippen LogP contribution in [0.2, 0.25) is 0 Å². The molecule has 1 N–H and O–H groups in total. The molecule has 0 aliphatic carbocycles. The normalized spacial score (nSPS) is 19.2. The maximum Gasteiger partial charge on any atom is 0.416 e. The van der Waals surface area contributed by atoms with Gasteiger partial charge in [-0.3, -0.25) is 10.1 Å². The Hall–Kier alpha value is -1.67. The smallest absolute Gasteiger partial charge is 0.365 e. The number of benzene rings is 1. The van der Waals surface area contributed by atoms with E-state index in [0.717, 1.165) is 0 Å². The third-order valence-corrected chi connectivity index (χ3v) is 3.34. The quantitative estimate of drug-likeness (QED) is 0.804. The molecule has 1 fully saturated rings. The SMILES string of the molecule is O=C(NC(=S)N1CCOC(C(F)(F)F)C1)c1ccccc1. The van der Waals surface area contributed by atoms with Crippen LogP contribution in [0.25, 0.3) is 0 Å². The largest absolute Gasteiger partial charge is 0.416 e. The summed E-state index contributed by atoms with van der Waals surface area (Å²) in [5.41, 5.74) is 0.389. The minimum atomic E-state index is -4.45. The molecule has 1 amide bonds. The molecule has 2 rings (SSSR count). The highest BCUT2D eigenvalue weighted by molar-refractivity contribution is 7.80. The van der Waals surface area contributed by atoms with Gasteiger partial charge in [-0.2, -0.15) is 13.2 Å². The Balaban J connectivity index is 1.96. The van der Waals surface area contributed by atoms with Crippen LogP contribution in [0.4, 0.5) is 13.2 Å². The minimum absolute atomic E-state index is 0.0265. The molecule has 8 heteroatoms. The lowest BCUT2D eigenvalue weighted by Gasteiger charge is -2.35. The molecule has 1 aliphatic heterocycles. The second-order valence-electron chi connectivity index (χ2n) is 4.47. The van der Waals surface area contributed by atoms with Crippen LogP contribution in [-0.2, 0) is 4.74 Å². The van der Waals surface area contributed by atoms with E-state index in [4.69, 9.17) is 12.2 Å². The zero-order valence-corrected chi connectivity index (χ0v) is 11.7. The van der Waals surface area contributed by atoms with E-state index in [-0.39, 0.29) is 18.3 Å². The summed E-state index contributed by atoms with van der Waals surface area (Å²) in [4.78, 5) is 13.2. The molecule has 0 radical (unpaired) electrons. The Morgan fingerprint density at radius 3 is 2.62 bits per heavy atom. The van der Waals surface area contributed by atoms with Gasteiger partial charge in [0.25, 0.3) is 5.91 Å². The molecule has 1 saturated heterocycles. The van der Waals surface area contributed by atoms with Gasteiger partial charge in [0.1, 0.15) is 0 Å². The van der Waals surface area contributed by atoms with Crippen molar-refractivity contribution in [2.24, 2.45) is 0 Å². The lowest BCUT2D eigenvalue weighted by molar-refractivity contribution is -0.232. The zero-order chi connectivity index (χ0) is 15.5. The Morgan fingerprint density at radius 2 is 2.00 bits per heavy atom. The van der Waals surface area contributed by atoms with Gasteiger partial charge in [0.15, 0.2) is 11.2 Å². The number of amides is 1. The summed E-state index contributed by atoms with van der Waals surface area (Å²) in [5, 5.41) is 2.41. The summed E-state index contributed by atoms with van der Waals surface area (Å²) in [6, 6.07) is 8.31. The first kappa shape index (κ1) is 15.7. The highest BCUT2D eigenvalue weighted by Crippen LogP contribution is 2.25. The molecule has 1 unspecified atom stereocenters.